The van der Waals surface area contributed by atoms with E-state index in [1.807, 2.05) is 0 Å². The molecule has 0 bridgehead atoms. The molecule has 0 radical (unpaired) electrons. The number of nitrogens with one attached hydrogen (secondary N) is 3. The van der Waals surface area contributed by atoms with Gasteiger partial charge in [0, 0.05) is 44.7 Å². The summed E-state index contributed by atoms with van der Waals surface area (Å²) in [4.78, 5) is 12.7. The Morgan fingerprint density at radius 1 is 0.812 bits per heavy atom. The number of para-hydroxylation sites is 1. The fourth-order valence-electron chi connectivity index (χ4n) is 4.99. The van der Waals surface area contributed by atoms with E-state index in [4.69, 9.17) is 62.5 Å². The van der Waals surface area contributed by atoms with E-state index in [0.29, 0.717) is 54.1 Å². The number of aromatic amines is 1. The lowest BCUT2D eigenvalue weighted by atomic mass is 9.81. The largest absolute Gasteiger partial charge is 0.360 e. The van der Waals surface area contributed by atoms with Crippen LogP contribution in [0.5, 0.6) is 0 Å². The molecule has 13 heteroatoms. The number of nitrogens with zero attached hydrogens (tertiary/aromatic N) is 2. The number of hydrazine groups is 1. The van der Waals surface area contributed by atoms with Crippen LogP contribution < -0.4 is 10.9 Å². The number of aromatic nitrogens is 3. The Labute approximate surface area is 304 Å². The van der Waals surface area contributed by atoms with Crippen LogP contribution in [-0.4, -0.2) is 21.3 Å². The Morgan fingerprint density at radius 3 is 1.90 bits per heavy atom. The lowest BCUT2D eigenvalue weighted by molar-refractivity contribution is 0.0961. The average molecular weight is 754 g/mol. The molecule has 48 heavy (non-hydrogen) atoms. The molecule has 7 nitrogen and oxygen atoms in total. The van der Waals surface area contributed by atoms with E-state index >= 15 is 0 Å². The molecule has 0 aliphatic heterocycles. The third-order valence-corrected chi connectivity index (χ3v) is 8.91. The van der Waals surface area contributed by atoms with Gasteiger partial charge in [0.1, 0.15) is 22.8 Å². The van der Waals surface area contributed by atoms with Gasteiger partial charge in [0.15, 0.2) is 0 Å². The number of benzene rings is 3. The molecule has 3 aromatic carbocycles. The van der Waals surface area contributed by atoms with Crippen LogP contribution in [0.25, 0.3) is 11.3 Å². The van der Waals surface area contributed by atoms with Gasteiger partial charge < -0.3 is 4.52 Å². The van der Waals surface area contributed by atoms with Gasteiger partial charge in [0.2, 0.25) is 0 Å². The molecule has 254 valence electrons. The van der Waals surface area contributed by atoms with Crippen molar-refractivity contribution < 1.29 is 13.7 Å². The van der Waals surface area contributed by atoms with E-state index in [9.17, 15) is 9.18 Å². The van der Waals surface area contributed by atoms with Crippen LogP contribution in [0.4, 0.5) is 10.1 Å². The van der Waals surface area contributed by atoms with E-state index in [-0.39, 0.29) is 27.9 Å². The maximum absolute atomic E-state index is 14.2. The topological polar surface area (TPSA) is 95.8 Å². The summed E-state index contributed by atoms with van der Waals surface area (Å²) in [5, 5.41) is 13.5. The Hall–Kier alpha value is -3.27. The number of rotatable bonds is 6. The second kappa shape index (κ2) is 15.1. The van der Waals surface area contributed by atoms with Crippen molar-refractivity contribution in [3.63, 3.8) is 0 Å². The van der Waals surface area contributed by atoms with E-state index in [1.165, 1.54) is 6.07 Å². The van der Waals surface area contributed by atoms with Crippen LogP contribution in [0, 0.1) is 12.7 Å². The van der Waals surface area contributed by atoms with Crippen molar-refractivity contribution in [1.82, 2.24) is 20.8 Å². The van der Waals surface area contributed by atoms with Crippen molar-refractivity contribution in [2.45, 2.75) is 65.7 Å². The molecular formula is C35H35Cl5FN5O2. The number of halogens is 6. The minimum absolute atomic E-state index is 0.0937. The minimum Gasteiger partial charge on any atom is -0.360 e. The van der Waals surface area contributed by atoms with E-state index < -0.39 is 5.91 Å². The van der Waals surface area contributed by atoms with Crippen LogP contribution in [0.2, 0.25) is 25.1 Å². The molecule has 0 atom stereocenters. The van der Waals surface area contributed by atoms with Crippen molar-refractivity contribution >= 4 is 69.6 Å². The molecule has 0 aliphatic carbocycles. The van der Waals surface area contributed by atoms with Crippen LogP contribution in [0.15, 0.2) is 59.1 Å². The molecule has 0 saturated heterocycles. The first-order valence-electron chi connectivity index (χ1n) is 14.8. The summed E-state index contributed by atoms with van der Waals surface area (Å²) >= 11 is 30.8. The van der Waals surface area contributed by atoms with E-state index in [1.54, 1.807) is 55.5 Å². The lowest BCUT2D eigenvalue weighted by Gasteiger charge is -2.22. The molecule has 0 aliphatic rings. The molecule has 0 spiro atoms. The van der Waals surface area contributed by atoms with Crippen molar-refractivity contribution in [2.75, 3.05) is 5.43 Å². The number of H-pyrrole nitrogens is 1. The van der Waals surface area contributed by atoms with Crippen molar-refractivity contribution in [3.8, 4) is 11.3 Å². The highest BCUT2D eigenvalue weighted by atomic mass is 35.5. The number of amides is 1. The first-order valence-corrected chi connectivity index (χ1v) is 16.7. The first-order chi connectivity index (χ1) is 22.4. The smallest absolute Gasteiger partial charge is 0.275 e. The fourth-order valence-corrected chi connectivity index (χ4v) is 6.29. The Balaban J connectivity index is 0.000000220. The fraction of sp³-hybridized carbons (Fsp3) is 0.286. The zero-order valence-electron chi connectivity index (χ0n) is 27.4. The summed E-state index contributed by atoms with van der Waals surface area (Å²) in [6, 6.07) is 14.8. The third-order valence-electron chi connectivity index (χ3n) is 7.30. The van der Waals surface area contributed by atoms with Crippen LogP contribution >= 0.6 is 58.0 Å². The number of carbonyl (C=O) groups is 1. The van der Waals surface area contributed by atoms with Crippen LogP contribution in [0.1, 0.15) is 80.2 Å². The summed E-state index contributed by atoms with van der Waals surface area (Å²) in [5.41, 5.74) is 9.82. The van der Waals surface area contributed by atoms with Crippen LogP contribution in [-0.2, 0) is 17.3 Å². The summed E-state index contributed by atoms with van der Waals surface area (Å²) < 4.78 is 19.4. The molecule has 5 aromatic rings. The second-order valence-electron chi connectivity index (χ2n) is 13.0. The van der Waals surface area contributed by atoms with E-state index in [2.05, 4.69) is 67.7 Å². The molecule has 3 N–H and O–H groups in total. The van der Waals surface area contributed by atoms with Gasteiger partial charge in [-0.25, -0.2) is 4.39 Å². The predicted molar refractivity (Wildman–Crippen MR) is 194 cm³/mol. The lowest BCUT2D eigenvalue weighted by Crippen LogP contribution is -2.30. The van der Waals surface area contributed by atoms with Gasteiger partial charge >= 0.3 is 0 Å². The predicted octanol–water partition coefficient (Wildman–Crippen LogP) is 11.4. The van der Waals surface area contributed by atoms with Gasteiger partial charge in [-0.1, -0.05) is 123 Å². The molecule has 0 unspecified atom stereocenters. The van der Waals surface area contributed by atoms with Gasteiger partial charge in [0.05, 0.1) is 31.5 Å². The Bertz CT molecular complexity index is 1850. The summed E-state index contributed by atoms with van der Waals surface area (Å²) in [5.74, 6) is -0.473. The minimum atomic E-state index is -0.509. The third kappa shape index (κ3) is 8.47. The summed E-state index contributed by atoms with van der Waals surface area (Å²) in [7, 11) is 0. The summed E-state index contributed by atoms with van der Waals surface area (Å²) in [6.45, 7) is 14.3. The number of hydrogen-bond acceptors (Lipinski definition) is 5. The van der Waals surface area contributed by atoms with Gasteiger partial charge in [-0.05, 0) is 43.3 Å². The monoisotopic (exact) mass is 751 g/mol. The highest BCUT2D eigenvalue weighted by molar-refractivity contribution is 6.40. The molecule has 1 amide bonds. The number of hydrogen-bond donors (Lipinski definition) is 3. The average Bonchev–Trinajstić information content (AvgIpc) is 3.59. The van der Waals surface area contributed by atoms with Crippen molar-refractivity contribution in [2.24, 2.45) is 0 Å². The number of anilines is 1. The highest BCUT2D eigenvalue weighted by Gasteiger charge is 2.30. The normalized spacial score (nSPS) is 11.6. The molecular weight excluding hydrogens is 719 g/mol. The molecule has 2 heterocycles. The molecule has 0 saturated carbocycles. The summed E-state index contributed by atoms with van der Waals surface area (Å²) in [6.07, 6.45) is 0.446. The van der Waals surface area contributed by atoms with Gasteiger partial charge in [0.25, 0.3) is 5.91 Å². The van der Waals surface area contributed by atoms with Gasteiger partial charge in [-0.15, -0.1) is 0 Å². The molecule has 0 fully saturated rings. The quantitative estimate of drug-likeness (QED) is 0.150. The second-order valence-corrected chi connectivity index (χ2v) is 15.1. The van der Waals surface area contributed by atoms with Gasteiger partial charge in [-0.3, -0.25) is 20.7 Å². The number of aryl methyl sites for hydroxylation is 1. The molecule has 5 rings (SSSR count). The first kappa shape index (κ1) is 37.5. The maximum Gasteiger partial charge on any atom is 0.275 e. The van der Waals surface area contributed by atoms with Gasteiger partial charge in [-0.2, -0.15) is 5.10 Å². The SMILES string of the molecule is CC(C)(C)c1n[nH]c(C(C)(C)C)c1Cc1c(F)cccc1Cl.Cc1onc(-c2c(Cl)cccc2Cl)c1C(=O)NNc1c(Cl)cccc1Cl. The highest BCUT2D eigenvalue weighted by Crippen LogP contribution is 2.38. The standard InChI is InChI=1S/C18H24ClFN2.C17H11Cl4N3O2/c1-17(2,3)15-12(16(22-21-15)18(4,5)6)10-11-13(19)8-7-9-14(11)20;1-8-13(16(24-26-8)14-9(18)4-2-5-10(14)19)17(25)23-22-15-11(20)6-3-7-12(15)21/h7-9H,10H2,1-6H3,(H,21,22);2-7,22H,1H3,(H,23,25). The zero-order valence-corrected chi connectivity index (χ0v) is 31.2. The Kier molecular flexibility index (Phi) is 11.8. The number of carbonyl (C=O) groups excluding carboxylic acids is 1. The van der Waals surface area contributed by atoms with Crippen molar-refractivity contribution in [1.29, 1.82) is 0 Å². The molecule has 2 aromatic heterocycles. The maximum atomic E-state index is 14.2. The van der Waals surface area contributed by atoms with Crippen LogP contribution in [0.3, 0.4) is 0 Å². The Morgan fingerprint density at radius 2 is 1.35 bits per heavy atom. The zero-order chi connectivity index (χ0) is 35.6. The van der Waals surface area contributed by atoms with E-state index in [0.717, 1.165) is 17.0 Å². The van der Waals surface area contributed by atoms with Crippen molar-refractivity contribution in [3.05, 3.63) is 119 Å².